The SMILES string of the molecule is COc1ccc(C(c2ccc(OC)cc2)c2ccc(N)c(C(=O)O)c2)cc1. The van der Waals surface area contributed by atoms with Crippen LogP contribution in [0.4, 0.5) is 5.69 Å². The van der Waals surface area contributed by atoms with E-state index in [2.05, 4.69) is 0 Å². The Morgan fingerprint density at radius 1 is 0.815 bits per heavy atom. The average molecular weight is 363 g/mol. The van der Waals surface area contributed by atoms with Crippen molar-refractivity contribution in [2.45, 2.75) is 5.92 Å². The molecule has 0 spiro atoms. The maximum absolute atomic E-state index is 11.5. The molecule has 0 aliphatic rings. The molecule has 0 fully saturated rings. The second-order valence-corrected chi connectivity index (χ2v) is 6.13. The van der Waals surface area contributed by atoms with E-state index in [1.54, 1.807) is 26.4 Å². The van der Waals surface area contributed by atoms with Gasteiger partial charge in [-0.2, -0.15) is 0 Å². The van der Waals surface area contributed by atoms with Gasteiger partial charge in [0, 0.05) is 11.6 Å². The van der Waals surface area contributed by atoms with Crippen molar-refractivity contribution in [2.75, 3.05) is 20.0 Å². The number of benzene rings is 3. The first kappa shape index (κ1) is 18.3. The summed E-state index contributed by atoms with van der Waals surface area (Å²) in [5.41, 5.74) is 9.05. The zero-order chi connectivity index (χ0) is 19.4. The van der Waals surface area contributed by atoms with Gasteiger partial charge in [-0.3, -0.25) is 0 Å². The lowest BCUT2D eigenvalue weighted by Gasteiger charge is -2.20. The molecule has 0 heterocycles. The number of hydrogen-bond acceptors (Lipinski definition) is 4. The van der Waals surface area contributed by atoms with E-state index in [-0.39, 0.29) is 17.2 Å². The van der Waals surface area contributed by atoms with E-state index in [1.807, 2.05) is 54.6 Å². The van der Waals surface area contributed by atoms with E-state index in [4.69, 9.17) is 15.2 Å². The molecule has 0 saturated carbocycles. The van der Waals surface area contributed by atoms with E-state index < -0.39 is 5.97 Å². The van der Waals surface area contributed by atoms with Crippen LogP contribution in [0.3, 0.4) is 0 Å². The third kappa shape index (κ3) is 3.87. The summed E-state index contributed by atoms with van der Waals surface area (Å²) < 4.78 is 10.5. The van der Waals surface area contributed by atoms with Crippen LogP contribution in [0.15, 0.2) is 66.7 Å². The molecule has 3 rings (SSSR count). The predicted molar refractivity (Wildman–Crippen MR) is 105 cm³/mol. The van der Waals surface area contributed by atoms with E-state index in [9.17, 15) is 9.90 Å². The summed E-state index contributed by atoms with van der Waals surface area (Å²) in [6.07, 6.45) is 0. The molecule has 0 saturated heterocycles. The summed E-state index contributed by atoms with van der Waals surface area (Å²) >= 11 is 0. The fourth-order valence-corrected chi connectivity index (χ4v) is 3.11. The fourth-order valence-electron chi connectivity index (χ4n) is 3.11. The largest absolute Gasteiger partial charge is 0.497 e. The molecule has 0 aromatic heterocycles. The molecule has 5 heteroatoms. The zero-order valence-electron chi connectivity index (χ0n) is 15.2. The smallest absolute Gasteiger partial charge is 0.337 e. The van der Waals surface area contributed by atoms with Gasteiger partial charge < -0.3 is 20.3 Å². The molecule has 3 aromatic carbocycles. The van der Waals surface area contributed by atoms with Crippen molar-refractivity contribution in [3.05, 3.63) is 89.0 Å². The van der Waals surface area contributed by atoms with Gasteiger partial charge in [0.1, 0.15) is 11.5 Å². The van der Waals surface area contributed by atoms with Crippen LogP contribution < -0.4 is 15.2 Å². The van der Waals surface area contributed by atoms with Gasteiger partial charge in [0.2, 0.25) is 0 Å². The first-order valence-electron chi connectivity index (χ1n) is 8.44. The van der Waals surface area contributed by atoms with Crippen molar-refractivity contribution in [3.8, 4) is 11.5 Å². The van der Waals surface area contributed by atoms with Gasteiger partial charge in [-0.05, 0) is 53.1 Å². The number of carboxylic acids is 1. The van der Waals surface area contributed by atoms with Crippen LogP contribution in [0.1, 0.15) is 33.0 Å². The summed E-state index contributed by atoms with van der Waals surface area (Å²) in [4.78, 5) is 11.5. The fraction of sp³-hybridized carbons (Fsp3) is 0.136. The summed E-state index contributed by atoms with van der Waals surface area (Å²) in [7, 11) is 3.24. The molecular formula is C22H21NO4. The minimum Gasteiger partial charge on any atom is -0.497 e. The van der Waals surface area contributed by atoms with Gasteiger partial charge in [-0.15, -0.1) is 0 Å². The highest BCUT2D eigenvalue weighted by atomic mass is 16.5. The number of anilines is 1. The number of hydrogen-bond donors (Lipinski definition) is 2. The van der Waals surface area contributed by atoms with Crippen molar-refractivity contribution >= 4 is 11.7 Å². The molecule has 138 valence electrons. The van der Waals surface area contributed by atoms with Crippen LogP contribution in [0.5, 0.6) is 11.5 Å². The highest BCUT2D eigenvalue weighted by Gasteiger charge is 2.20. The van der Waals surface area contributed by atoms with Gasteiger partial charge in [-0.1, -0.05) is 30.3 Å². The summed E-state index contributed by atoms with van der Waals surface area (Å²) in [6, 6.07) is 20.6. The molecule has 0 bridgehead atoms. The Balaban J connectivity index is 2.14. The quantitative estimate of drug-likeness (QED) is 0.507. The Hall–Kier alpha value is -3.47. The van der Waals surface area contributed by atoms with E-state index in [0.29, 0.717) is 0 Å². The molecule has 0 radical (unpaired) electrons. The third-order valence-electron chi connectivity index (χ3n) is 4.54. The number of nitrogens with two attached hydrogens (primary N) is 1. The standard InChI is InChI=1S/C22H21NO4/c1-26-17-8-3-14(4-9-17)21(15-5-10-18(27-2)11-6-15)16-7-12-20(23)19(13-16)22(24)25/h3-13,21H,23H2,1-2H3,(H,24,25). The molecule has 0 atom stereocenters. The summed E-state index contributed by atoms with van der Waals surface area (Å²) in [5.74, 6) is 0.324. The van der Waals surface area contributed by atoms with Crippen LogP contribution in [0.2, 0.25) is 0 Å². The molecule has 3 aromatic rings. The number of carboxylic acid groups (broad SMARTS) is 1. The van der Waals surface area contributed by atoms with E-state index in [0.717, 1.165) is 28.2 Å². The lowest BCUT2D eigenvalue weighted by Crippen LogP contribution is -2.08. The van der Waals surface area contributed by atoms with Gasteiger partial charge >= 0.3 is 5.97 Å². The summed E-state index contributed by atoms with van der Waals surface area (Å²) in [5, 5.41) is 9.44. The Morgan fingerprint density at radius 2 is 1.26 bits per heavy atom. The lowest BCUT2D eigenvalue weighted by molar-refractivity contribution is 0.0698. The molecule has 0 amide bonds. The Morgan fingerprint density at radius 3 is 1.67 bits per heavy atom. The molecule has 27 heavy (non-hydrogen) atoms. The highest BCUT2D eigenvalue weighted by molar-refractivity contribution is 5.93. The second-order valence-electron chi connectivity index (χ2n) is 6.13. The molecule has 3 N–H and O–H groups in total. The van der Waals surface area contributed by atoms with E-state index in [1.165, 1.54) is 0 Å². The number of nitrogen functional groups attached to an aromatic ring is 1. The number of methoxy groups -OCH3 is 2. The predicted octanol–water partition coefficient (Wildman–Crippen LogP) is 4.16. The normalized spacial score (nSPS) is 10.6. The minimum absolute atomic E-state index is 0.0968. The lowest BCUT2D eigenvalue weighted by atomic mass is 9.84. The van der Waals surface area contributed by atoms with Crippen LogP contribution in [-0.2, 0) is 0 Å². The summed E-state index contributed by atoms with van der Waals surface area (Å²) in [6.45, 7) is 0. The zero-order valence-corrected chi connectivity index (χ0v) is 15.2. The van der Waals surface area contributed by atoms with Gasteiger partial charge in [0.05, 0.1) is 19.8 Å². The molecule has 0 aliphatic heterocycles. The molecule has 0 unspecified atom stereocenters. The molecular weight excluding hydrogens is 342 g/mol. The Kier molecular flexibility index (Phi) is 5.31. The van der Waals surface area contributed by atoms with Crippen molar-refractivity contribution in [1.29, 1.82) is 0 Å². The van der Waals surface area contributed by atoms with Crippen LogP contribution in [-0.4, -0.2) is 25.3 Å². The number of aromatic carboxylic acids is 1. The van der Waals surface area contributed by atoms with Crippen molar-refractivity contribution in [3.63, 3.8) is 0 Å². The first-order valence-corrected chi connectivity index (χ1v) is 8.44. The minimum atomic E-state index is -1.04. The van der Waals surface area contributed by atoms with Gasteiger partial charge in [0.15, 0.2) is 0 Å². The number of rotatable bonds is 6. The average Bonchev–Trinajstić information content (AvgIpc) is 2.70. The molecule has 5 nitrogen and oxygen atoms in total. The van der Waals surface area contributed by atoms with E-state index >= 15 is 0 Å². The number of ether oxygens (including phenoxy) is 2. The monoisotopic (exact) mass is 363 g/mol. The topological polar surface area (TPSA) is 81.8 Å². The van der Waals surface area contributed by atoms with Gasteiger partial charge in [-0.25, -0.2) is 4.79 Å². The van der Waals surface area contributed by atoms with Gasteiger partial charge in [0.25, 0.3) is 0 Å². The maximum Gasteiger partial charge on any atom is 0.337 e. The first-order chi connectivity index (χ1) is 13.0. The van der Waals surface area contributed by atoms with Crippen LogP contribution in [0, 0.1) is 0 Å². The van der Waals surface area contributed by atoms with Crippen molar-refractivity contribution in [2.24, 2.45) is 0 Å². The Bertz CT molecular complexity index is 886. The van der Waals surface area contributed by atoms with Crippen molar-refractivity contribution < 1.29 is 19.4 Å². The van der Waals surface area contributed by atoms with Crippen LogP contribution in [0.25, 0.3) is 0 Å². The highest BCUT2D eigenvalue weighted by Crippen LogP contribution is 2.35. The van der Waals surface area contributed by atoms with Crippen LogP contribution >= 0.6 is 0 Å². The number of carbonyl (C=O) groups is 1. The molecule has 0 aliphatic carbocycles. The third-order valence-corrected chi connectivity index (χ3v) is 4.54. The second kappa shape index (κ2) is 7.83. The van der Waals surface area contributed by atoms with Crippen molar-refractivity contribution in [1.82, 2.24) is 0 Å². The maximum atomic E-state index is 11.5. The Labute approximate surface area is 158 Å².